The fraction of sp³-hybridized carbons (Fsp3) is 0.844. The van der Waals surface area contributed by atoms with Gasteiger partial charge in [-0.25, -0.2) is 0 Å². The number of allylic oxidation sites excluding steroid dienone is 2. The molecule has 6 nitrogen and oxygen atoms in total. The summed E-state index contributed by atoms with van der Waals surface area (Å²) >= 11 is 6.99. The molecule has 2 heterocycles. The molecule has 3 aliphatic rings. The first-order valence-electron chi connectivity index (χ1n) is 15.5. The van der Waals surface area contributed by atoms with Gasteiger partial charge >= 0.3 is 5.97 Å². The van der Waals surface area contributed by atoms with Crippen molar-refractivity contribution in [2.24, 2.45) is 17.8 Å². The Morgan fingerprint density at radius 3 is 2.36 bits per heavy atom. The summed E-state index contributed by atoms with van der Waals surface area (Å²) in [6.07, 6.45) is 19.8. The fourth-order valence-electron chi connectivity index (χ4n) is 6.04. The lowest BCUT2D eigenvalue weighted by molar-refractivity contribution is -0.193. The average molecular weight is 569 g/mol. The number of carbonyl (C=O) groups is 1. The van der Waals surface area contributed by atoms with Gasteiger partial charge in [0.15, 0.2) is 12.6 Å². The zero-order chi connectivity index (χ0) is 28.0. The zero-order valence-corrected chi connectivity index (χ0v) is 25.3. The highest BCUT2D eigenvalue weighted by molar-refractivity contribution is 6.21. The van der Waals surface area contributed by atoms with Crippen LogP contribution >= 0.6 is 11.6 Å². The molecule has 0 amide bonds. The van der Waals surface area contributed by atoms with Crippen molar-refractivity contribution >= 4 is 17.6 Å². The summed E-state index contributed by atoms with van der Waals surface area (Å²) in [5.74, 6) is 0.126. The lowest BCUT2D eigenvalue weighted by Gasteiger charge is -2.31. The van der Waals surface area contributed by atoms with Crippen molar-refractivity contribution in [3.8, 4) is 0 Å². The molecule has 0 aromatic carbocycles. The molecule has 0 aromatic rings. The van der Waals surface area contributed by atoms with Crippen LogP contribution in [0.2, 0.25) is 0 Å². The van der Waals surface area contributed by atoms with Crippen LogP contribution in [0.4, 0.5) is 0 Å². The fourth-order valence-corrected chi connectivity index (χ4v) is 6.51. The Labute approximate surface area is 241 Å². The van der Waals surface area contributed by atoms with Gasteiger partial charge in [-0.1, -0.05) is 50.0 Å². The van der Waals surface area contributed by atoms with Crippen molar-refractivity contribution in [2.75, 3.05) is 13.2 Å². The van der Waals surface area contributed by atoms with E-state index >= 15 is 0 Å². The second-order valence-corrected chi connectivity index (χ2v) is 12.6. The third-order valence-corrected chi connectivity index (χ3v) is 8.92. The van der Waals surface area contributed by atoms with Crippen LogP contribution in [0.1, 0.15) is 111 Å². The molecule has 1 aliphatic carbocycles. The third kappa shape index (κ3) is 11.8. The molecule has 1 saturated carbocycles. The number of alkyl halides is 1. The lowest BCUT2D eigenvalue weighted by atomic mass is 9.88. The van der Waals surface area contributed by atoms with E-state index < -0.39 is 5.97 Å². The average Bonchev–Trinajstić information content (AvgIpc) is 3.21. The number of carboxylic acids is 1. The Balaban J connectivity index is 1.70. The molecule has 8 atom stereocenters. The van der Waals surface area contributed by atoms with E-state index in [1.54, 1.807) is 0 Å². The van der Waals surface area contributed by atoms with E-state index in [2.05, 4.69) is 39.0 Å². The maximum absolute atomic E-state index is 10.8. The van der Waals surface area contributed by atoms with E-state index in [1.807, 2.05) is 0 Å². The maximum atomic E-state index is 10.8. The Hall–Kier alpha value is -0.920. The normalized spacial score (nSPS) is 31.3. The minimum Gasteiger partial charge on any atom is -0.481 e. The molecule has 0 aromatic heterocycles. The largest absolute Gasteiger partial charge is 0.481 e. The van der Waals surface area contributed by atoms with Crippen molar-refractivity contribution in [2.45, 2.75) is 141 Å². The standard InChI is InChI=1S/C32H53ClO6/c1-23(2)16-17-24(3)28(38-31-14-8-10-20-36-31)19-18-26-25(12-6-4-5-7-13-30(34)35)27(33)22-29(26)39-32-15-9-11-21-37-32/h16,18-19,24-29,31-32H,4-15,17,20-22H2,1-3H3,(H,34,35)/b19-18+/t24?,25-,26-,27-,28-,29-,31?,32?/m1/s1. The maximum Gasteiger partial charge on any atom is 0.303 e. The zero-order valence-electron chi connectivity index (χ0n) is 24.5. The summed E-state index contributed by atoms with van der Waals surface area (Å²) in [7, 11) is 0. The predicted octanol–water partition coefficient (Wildman–Crippen LogP) is 8.03. The van der Waals surface area contributed by atoms with Gasteiger partial charge in [0.2, 0.25) is 0 Å². The summed E-state index contributed by atoms with van der Waals surface area (Å²) in [6.45, 7) is 8.08. The summed E-state index contributed by atoms with van der Waals surface area (Å²) in [5.41, 5.74) is 1.32. The highest BCUT2D eigenvalue weighted by Gasteiger charge is 2.42. The van der Waals surface area contributed by atoms with Crippen molar-refractivity contribution in [1.82, 2.24) is 0 Å². The molecule has 224 valence electrons. The number of unbranched alkanes of at least 4 members (excludes halogenated alkanes) is 3. The SMILES string of the molecule is CC(C)=CCC(C)[C@@H](/C=C/[C@@H]1[C@@H](CCCCCCC(=O)O)[C@H](Cl)C[C@H]1OC1CCCCO1)OC1CCCCO1. The van der Waals surface area contributed by atoms with Crippen LogP contribution in [0.25, 0.3) is 0 Å². The minimum atomic E-state index is -0.712. The first kappa shape index (κ1) is 32.6. The van der Waals surface area contributed by atoms with Crippen LogP contribution in [0.3, 0.4) is 0 Å². The van der Waals surface area contributed by atoms with Gasteiger partial charge in [0.05, 0.1) is 12.2 Å². The topological polar surface area (TPSA) is 74.2 Å². The van der Waals surface area contributed by atoms with Crippen LogP contribution in [0.15, 0.2) is 23.8 Å². The summed E-state index contributed by atoms with van der Waals surface area (Å²) in [4.78, 5) is 10.8. The van der Waals surface area contributed by atoms with E-state index in [0.717, 1.165) is 96.7 Å². The Morgan fingerprint density at radius 1 is 1.03 bits per heavy atom. The van der Waals surface area contributed by atoms with Crippen molar-refractivity contribution in [1.29, 1.82) is 0 Å². The number of ether oxygens (including phenoxy) is 4. The van der Waals surface area contributed by atoms with Crippen LogP contribution < -0.4 is 0 Å². The van der Waals surface area contributed by atoms with Crippen molar-refractivity contribution in [3.05, 3.63) is 23.8 Å². The van der Waals surface area contributed by atoms with Gasteiger partial charge in [0.25, 0.3) is 0 Å². The van der Waals surface area contributed by atoms with E-state index in [9.17, 15) is 4.79 Å². The highest BCUT2D eigenvalue weighted by atomic mass is 35.5. The first-order chi connectivity index (χ1) is 18.8. The molecule has 3 fully saturated rings. The van der Waals surface area contributed by atoms with Gasteiger partial charge in [0, 0.05) is 30.9 Å². The van der Waals surface area contributed by atoms with Gasteiger partial charge in [-0.3, -0.25) is 4.79 Å². The number of halogens is 1. The third-order valence-electron chi connectivity index (χ3n) is 8.42. The molecule has 3 rings (SSSR count). The molecule has 39 heavy (non-hydrogen) atoms. The van der Waals surface area contributed by atoms with Gasteiger partial charge in [-0.15, -0.1) is 11.6 Å². The molecule has 0 spiro atoms. The van der Waals surface area contributed by atoms with Crippen LogP contribution in [0.5, 0.6) is 0 Å². The molecule has 2 saturated heterocycles. The molecule has 1 N–H and O–H groups in total. The van der Waals surface area contributed by atoms with E-state index in [-0.39, 0.29) is 42.5 Å². The second-order valence-electron chi connectivity index (χ2n) is 12.1. The minimum absolute atomic E-state index is 0.0310. The second kappa shape index (κ2) is 17.8. The van der Waals surface area contributed by atoms with Gasteiger partial charge in [-0.2, -0.15) is 0 Å². The van der Waals surface area contributed by atoms with Crippen molar-refractivity contribution < 1.29 is 28.8 Å². The number of hydrogen-bond acceptors (Lipinski definition) is 5. The van der Waals surface area contributed by atoms with Gasteiger partial charge in [-0.05, 0) is 89.9 Å². The predicted molar refractivity (Wildman–Crippen MR) is 156 cm³/mol. The number of carboxylic acid groups (broad SMARTS) is 1. The highest BCUT2D eigenvalue weighted by Crippen LogP contribution is 2.43. The summed E-state index contributed by atoms with van der Waals surface area (Å²) in [5, 5.41) is 8.96. The number of rotatable bonds is 16. The Morgan fingerprint density at radius 2 is 1.72 bits per heavy atom. The number of aliphatic carboxylic acids is 1. The van der Waals surface area contributed by atoms with Crippen molar-refractivity contribution in [3.63, 3.8) is 0 Å². The molecular formula is C32H53ClO6. The van der Waals surface area contributed by atoms with Crippen LogP contribution in [0, 0.1) is 17.8 Å². The Kier molecular flexibility index (Phi) is 14.9. The first-order valence-corrected chi connectivity index (χ1v) is 16.0. The smallest absolute Gasteiger partial charge is 0.303 e. The van der Waals surface area contributed by atoms with E-state index in [0.29, 0.717) is 11.8 Å². The quantitative estimate of drug-likeness (QED) is 0.115. The van der Waals surface area contributed by atoms with E-state index in [4.69, 9.17) is 35.7 Å². The monoisotopic (exact) mass is 568 g/mol. The lowest BCUT2D eigenvalue weighted by Crippen LogP contribution is -2.32. The van der Waals surface area contributed by atoms with Crippen LogP contribution in [-0.4, -0.2) is 54.5 Å². The molecule has 0 radical (unpaired) electrons. The van der Waals surface area contributed by atoms with Gasteiger partial charge in [0.1, 0.15) is 0 Å². The molecule has 2 aliphatic heterocycles. The molecular weight excluding hydrogens is 516 g/mol. The van der Waals surface area contributed by atoms with Crippen LogP contribution in [-0.2, 0) is 23.7 Å². The summed E-state index contributed by atoms with van der Waals surface area (Å²) < 4.78 is 25.0. The van der Waals surface area contributed by atoms with Gasteiger partial charge < -0.3 is 24.1 Å². The molecule has 7 heteroatoms. The summed E-state index contributed by atoms with van der Waals surface area (Å²) in [6, 6.07) is 0. The number of hydrogen-bond donors (Lipinski definition) is 1. The molecule has 0 bridgehead atoms. The Bertz CT molecular complexity index is 754. The van der Waals surface area contributed by atoms with E-state index in [1.165, 1.54) is 5.57 Å². The molecule has 3 unspecified atom stereocenters.